The highest BCUT2D eigenvalue weighted by molar-refractivity contribution is 5.78. The van der Waals surface area contributed by atoms with Gasteiger partial charge in [0.1, 0.15) is 11.5 Å². The van der Waals surface area contributed by atoms with Crippen molar-refractivity contribution in [1.82, 2.24) is 19.8 Å². The zero-order valence-electron chi connectivity index (χ0n) is 16.1. The second-order valence-corrected chi connectivity index (χ2v) is 7.89. The molecule has 2 aromatic heterocycles. The van der Waals surface area contributed by atoms with Crippen molar-refractivity contribution in [2.75, 3.05) is 26.2 Å². The first-order valence-corrected chi connectivity index (χ1v) is 10.0. The summed E-state index contributed by atoms with van der Waals surface area (Å²) in [6.45, 7) is 6.18. The molecular weight excluding hydrogens is 340 g/mol. The summed E-state index contributed by atoms with van der Waals surface area (Å²) in [5.74, 6) is 2.63. The third kappa shape index (κ3) is 4.56. The molecular formula is C21H28N4O2. The van der Waals surface area contributed by atoms with Crippen LogP contribution in [-0.4, -0.2) is 51.9 Å². The van der Waals surface area contributed by atoms with Crippen molar-refractivity contribution in [3.8, 4) is 0 Å². The lowest BCUT2D eigenvalue weighted by molar-refractivity contribution is -0.133. The lowest BCUT2D eigenvalue weighted by atomic mass is 10.0. The van der Waals surface area contributed by atoms with E-state index < -0.39 is 0 Å². The molecule has 0 radical (unpaired) electrons. The van der Waals surface area contributed by atoms with Crippen molar-refractivity contribution in [1.29, 1.82) is 0 Å². The molecule has 1 atom stereocenters. The Bertz CT molecular complexity index is 774. The van der Waals surface area contributed by atoms with Gasteiger partial charge in [-0.15, -0.1) is 0 Å². The Kier molecular flexibility index (Phi) is 5.53. The zero-order valence-corrected chi connectivity index (χ0v) is 16.1. The SMILES string of the molecule is CC1CCCN(CC(=O)N2CCc3oc(CCc4cccnc4)nc3C2)C1. The van der Waals surface area contributed by atoms with Gasteiger partial charge < -0.3 is 9.32 Å². The van der Waals surface area contributed by atoms with Crippen LogP contribution in [0.15, 0.2) is 28.9 Å². The summed E-state index contributed by atoms with van der Waals surface area (Å²) in [7, 11) is 0. The molecule has 0 bridgehead atoms. The second kappa shape index (κ2) is 8.21. The van der Waals surface area contributed by atoms with Gasteiger partial charge in [-0.1, -0.05) is 13.0 Å². The van der Waals surface area contributed by atoms with Crippen LogP contribution in [0.1, 0.15) is 42.7 Å². The molecule has 1 saturated heterocycles. The van der Waals surface area contributed by atoms with Crippen molar-refractivity contribution in [3.63, 3.8) is 0 Å². The average molecular weight is 368 g/mol. The third-order valence-electron chi connectivity index (χ3n) is 5.57. The molecule has 0 saturated carbocycles. The number of likely N-dealkylation sites (tertiary alicyclic amines) is 1. The lowest BCUT2D eigenvalue weighted by Crippen LogP contribution is -2.45. The van der Waals surface area contributed by atoms with Crippen LogP contribution >= 0.6 is 0 Å². The van der Waals surface area contributed by atoms with E-state index in [4.69, 9.17) is 4.42 Å². The van der Waals surface area contributed by atoms with Gasteiger partial charge in [0.15, 0.2) is 5.89 Å². The van der Waals surface area contributed by atoms with Gasteiger partial charge >= 0.3 is 0 Å². The molecule has 27 heavy (non-hydrogen) atoms. The minimum absolute atomic E-state index is 0.217. The molecule has 2 aliphatic heterocycles. The van der Waals surface area contributed by atoms with E-state index in [1.165, 1.54) is 18.4 Å². The Hall–Kier alpha value is -2.21. The van der Waals surface area contributed by atoms with Gasteiger partial charge in [-0.2, -0.15) is 0 Å². The number of aryl methyl sites for hydroxylation is 2. The normalized spacial score (nSPS) is 20.5. The van der Waals surface area contributed by atoms with E-state index in [9.17, 15) is 4.79 Å². The smallest absolute Gasteiger partial charge is 0.237 e. The second-order valence-electron chi connectivity index (χ2n) is 7.89. The van der Waals surface area contributed by atoms with Crippen molar-refractivity contribution in [2.45, 2.75) is 45.6 Å². The Morgan fingerprint density at radius 3 is 3.07 bits per heavy atom. The lowest BCUT2D eigenvalue weighted by Gasteiger charge is -2.33. The molecule has 4 heterocycles. The predicted octanol–water partition coefficient (Wildman–Crippen LogP) is 2.47. The molecule has 4 rings (SSSR count). The molecule has 144 valence electrons. The summed E-state index contributed by atoms with van der Waals surface area (Å²) in [4.78, 5) is 25.8. The molecule has 2 aromatic rings. The molecule has 2 aliphatic rings. The van der Waals surface area contributed by atoms with Gasteiger partial charge in [-0.3, -0.25) is 14.7 Å². The summed E-state index contributed by atoms with van der Waals surface area (Å²) < 4.78 is 5.94. The van der Waals surface area contributed by atoms with Gasteiger partial charge in [0.25, 0.3) is 0 Å². The van der Waals surface area contributed by atoms with Crippen molar-refractivity contribution < 1.29 is 9.21 Å². The van der Waals surface area contributed by atoms with Crippen LogP contribution in [0.4, 0.5) is 0 Å². The van der Waals surface area contributed by atoms with Crippen LogP contribution in [0, 0.1) is 5.92 Å². The minimum atomic E-state index is 0.217. The van der Waals surface area contributed by atoms with Crippen molar-refractivity contribution >= 4 is 5.91 Å². The summed E-state index contributed by atoms with van der Waals surface area (Å²) in [6, 6.07) is 4.01. The number of hydrogen-bond donors (Lipinski definition) is 0. The predicted molar refractivity (Wildman–Crippen MR) is 102 cm³/mol. The van der Waals surface area contributed by atoms with E-state index in [0.29, 0.717) is 19.0 Å². The number of aromatic nitrogens is 2. The Morgan fingerprint density at radius 2 is 2.26 bits per heavy atom. The molecule has 1 unspecified atom stereocenters. The fraction of sp³-hybridized carbons (Fsp3) is 0.571. The third-order valence-corrected chi connectivity index (χ3v) is 5.57. The van der Waals surface area contributed by atoms with E-state index in [2.05, 4.69) is 27.9 Å². The van der Waals surface area contributed by atoms with Gasteiger partial charge in [0.05, 0.1) is 13.1 Å². The number of piperidine rings is 1. The Labute approximate surface area is 160 Å². The highest BCUT2D eigenvalue weighted by Crippen LogP contribution is 2.22. The van der Waals surface area contributed by atoms with Gasteiger partial charge in [-0.05, 0) is 43.4 Å². The van der Waals surface area contributed by atoms with Crippen LogP contribution in [0.25, 0.3) is 0 Å². The van der Waals surface area contributed by atoms with Crippen LogP contribution < -0.4 is 0 Å². The maximum absolute atomic E-state index is 12.7. The first-order valence-electron chi connectivity index (χ1n) is 10.0. The summed E-state index contributed by atoms with van der Waals surface area (Å²) in [6.07, 6.45) is 8.52. The van der Waals surface area contributed by atoms with Crippen molar-refractivity contribution in [3.05, 3.63) is 47.4 Å². The Balaban J connectivity index is 1.32. The molecule has 6 nitrogen and oxygen atoms in total. The largest absolute Gasteiger partial charge is 0.445 e. The van der Waals surface area contributed by atoms with Crippen molar-refractivity contribution in [2.24, 2.45) is 5.92 Å². The van der Waals surface area contributed by atoms with Gasteiger partial charge in [0, 0.05) is 38.3 Å². The topological polar surface area (TPSA) is 62.5 Å². The van der Waals surface area contributed by atoms with Crippen LogP contribution in [-0.2, 0) is 30.6 Å². The number of amides is 1. The fourth-order valence-corrected chi connectivity index (χ4v) is 4.09. The molecule has 0 N–H and O–H groups in total. The number of carbonyl (C=O) groups is 1. The van der Waals surface area contributed by atoms with Gasteiger partial charge in [-0.25, -0.2) is 4.98 Å². The maximum Gasteiger partial charge on any atom is 0.237 e. The molecule has 0 aliphatic carbocycles. The van der Waals surface area contributed by atoms with E-state index in [1.807, 2.05) is 17.2 Å². The molecule has 6 heteroatoms. The van der Waals surface area contributed by atoms with E-state index in [0.717, 1.165) is 56.2 Å². The van der Waals surface area contributed by atoms with E-state index >= 15 is 0 Å². The number of oxazole rings is 1. The molecule has 0 aromatic carbocycles. The standard InChI is InChI=1S/C21H28N4O2/c1-16-4-3-10-24(13-16)15-21(26)25-11-8-19-18(14-25)23-20(27-19)7-6-17-5-2-9-22-12-17/h2,5,9,12,16H,3-4,6-8,10-11,13-15H2,1H3. The fourth-order valence-electron chi connectivity index (χ4n) is 4.09. The first-order chi connectivity index (χ1) is 13.2. The number of pyridine rings is 1. The monoisotopic (exact) mass is 368 g/mol. The van der Waals surface area contributed by atoms with Crippen LogP contribution in [0.2, 0.25) is 0 Å². The zero-order chi connectivity index (χ0) is 18.6. The minimum Gasteiger partial charge on any atom is -0.445 e. The van der Waals surface area contributed by atoms with Gasteiger partial charge in [0.2, 0.25) is 5.91 Å². The highest BCUT2D eigenvalue weighted by atomic mass is 16.4. The quantitative estimate of drug-likeness (QED) is 0.811. The van der Waals surface area contributed by atoms with E-state index in [-0.39, 0.29) is 5.91 Å². The number of rotatable bonds is 5. The van der Waals surface area contributed by atoms with Crippen LogP contribution in [0.3, 0.4) is 0 Å². The summed E-state index contributed by atoms with van der Waals surface area (Å²) in [5, 5.41) is 0. The maximum atomic E-state index is 12.7. The number of nitrogens with zero attached hydrogens (tertiary/aromatic N) is 4. The average Bonchev–Trinajstić information content (AvgIpc) is 3.09. The number of carbonyl (C=O) groups excluding carboxylic acids is 1. The summed E-state index contributed by atoms with van der Waals surface area (Å²) >= 11 is 0. The number of hydrogen-bond acceptors (Lipinski definition) is 5. The molecule has 1 fully saturated rings. The first kappa shape index (κ1) is 18.2. The highest BCUT2D eigenvalue weighted by Gasteiger charge is 2.27. The Morgan fingerprint density at radius 1 is 1.33 bits per heavy atom. The van der Waals surface area contributed by atoms with E-state index in [1.54, 1.807) is 6.20 Å². The molecule has 0 spiro atoms. The number of fused-ring (bicyclic) bond motifs is 1. The van der Waals surface area contributed by atoms with Crippen LogP contribution in [0.5, 0.6) is 0 Å². The molecule has 1 amide bonds. The summed E-state index contributed by atoms with van der Waals surface area (Å²) in [5.41, 5.74) is 2.11.